The summed E-state index contributed by atoms with van der Waals surface area (Å²) in [5.74, 6) is 0.639. The van der Waals surface area contributed by atoms with Crippen LogP contribution < -0.4 is 16.0 Å². The number of amides is 1. The lowest BCUT2D eigenvalue weighted by atomic mass is 10.00. The SMILES string of the molecule is CCNC(=NCC(C)(O)c1ccsc1)NCCCNC(=O)OC(C)(C)C. The zero-order valence-corrected chi connectivity index (χ0v) is 17.2. The molecule has 1 rings (SSSR count). The Morgan fingerprint density at radius 1 is 1.23 bits per heavy atom. The van der Waals surface area contributed by atoms with E-state index in [9.17, 15) is 9.90 Å². The van der Waals surface area contributed by atoms with Gasteiger partial charge in [0.05, 0.1) is 6.54 Å². The maximum absolute atomic E-state index is 11.6. The lowest BCUT2D eigenvalue weighted by Crippen LogP contribution is -2.40. The molecule has 1 amide bonds. The van der Waals surface area contributed by atoms with Gasteiger partial charge in [-0.25, -0.2) is 9.79 Å². The maximum Gasteiger partial charge on any atom is 0.407 e. The zero-order chi connectivity index (χ0) is 19.6. The minimum atomic E-state index is -0.999. The number of carbonyl (C=O) groups excluding carboxylic acids is 1. The number of hydrogen-bond donors (Lipinski definition) is 4. The van der Waals surface area contributed by atoms with E-state index in [-0.39, 0.29) is 6.54 Å². The van der Waals surface area contributed by atoms with Gasteiger partial charge in [0.15, 0.2) is 5.96 Å². The summed E-state index contributed by atoms with van der Waals surface area (Å²) < 4.78 is 5.18. The van der Waals surface area contributed by atoms with Crippen molar-refractivity contribution in [2.45, 2.75) is 52.2 Å². The molecular formula is C18H32N4O3S. The maximum atomic E-state index is 11.6. The lowest BCUT2D eigenvalue weighted by molar-refractivity contribution is 0.0527. The molecule has 0 aliphatic heterocycles. The first-order valence-corrected chi connectivity index (χ1v) is 9.82. The largest absolute Gasteiger partial charge is 0.444 e. The summed E-state index contributed by atoms with van der Waals surface area (Å²) >= 11 is 1.55. The van der Waals surface area contributed by atoms with Gasteiger partial charge in [-0.15, -0.1) is 0 Å². The minimum Gasteiger partial charge on any atom is -0.444 e. The second-order valence-corrected chi connectivity index (χ2v) is 7.97. The van der Waals surface area contributed by atoms with E-state index in [1.807, 2.05) is 44.5 Å². The highest BCUT2D eigenvalue weighted by atomic mass is 32.1. The first-order valence-electron chi connectivity index (χ1n) is 8.88. The van der Waals surface area contributed by atoms with E-state index in [1.165, 1.54) is 0 Å². The van der Waals surface area contributed by atoms with Crippen LogP contribution in [0, 0.1) is 0 Å². The molecule has 1 heterocycles. The molecule has 0 fully saturated rings. The Balaban J connectivity index is 2.38. The van der Waals surface area contributed by atoms with Crippen LogP contribution in [0.3, 0.4) is 0 Å². The molecule has 1 unspecified atom stereocenters. The summed E-state index contributed by atoms with van der Waals surface area (Å²) in [5, 5.41) is 23.5. The Hall–Kier alpha value is -1.80. The fourth-order valence-corrected chi connectivity index (χ4v) is 2.82. The van der Waals surface area contributed by atoms with E-state index in [0.29, 0.717) is 19.0 Å². The monoisotopic (exact) mass is 384 g/mol. The minimum absolute atomic E-state index is 0.259. The Morgan fingerprint density at radius 2 is 1.92 bits per heavy atom. The lowest BCUT2D eigenvalue weighted by Gasteiger charge is -2.21. The van der Waals surface area contributed by atoms with Crippen molar-refractivity contribution in [2.75, 3.05) is 26.2 Å². The summed E-state index contributed by atoms with van der Waals surface area (Å²) in [6, 6.07) is 1.91. The molecular weight excluding hydrogens is 352 g/mol. The number of alkyl carbamates (subject to hydrolysis) is 1. The van der Waals surface area contributed by atoms with Gasteiger partial charge in [-0.2, -0.15) is 11.3 Å². The first-order chi connectivity index (χ1) is 12.1. The van der Waals surface area contributed by atoms with Crippen LogP contribution in [-0.4, -0.2) is 48.9 Å². The van der Waals surface area contributed by atoms with E-state index < -0.39 is 17.3 Å². The zero-order valence-electron chi connectivity index (χ0n) is 16.4. The Labute approximate surface area is 160 Å². The van der Waals surface area contributed by atoms with Gasteiger partial charge < -0.3 is 25.8 Å². The van der Waals surface area contributed by atoms with Crippen molar-refractivity contribution < 1.29 is 14.6 Å². The van der Waals surface area contributed by atoms with E-state index in [0.717, 1.165) is 18.5 Å². The van der Waals surface area contributed by atoms with Gasteiger partial charge in [-0.1, -0.05) is 0 Å². The molecule has 1 aromatic rings. The van der Waals surface area contributed by atoms with Gasteiger partial charge >= 0.3 is 6.09 Å². The molecule has 0 aliphatic rings. The van der Waals surface area contributed by atoms with Gasteiger partial charge in [-0.05, 0) is 63.4 Å². The quantitative estimate of drug-likeness (QED) is 0.314. The fourth-order valence-electron chi connectivity index (χ4n) is 2.04. The van der Waals surface area contributed by atoms with Crippen LogP contribution in [-0.2, 0) is 10.3 Å². The van der Waals surface area contributed by atoms with Gasteiger partial charge in [0.25, 0.3) is 0 Å². The van der Waals surface area contributed by atoms with Crippen LogP contribution >= 0.6 is 11.3 Å². The molecule has 0 aliphatic carbocycles. The second kappa shape index (κ2) is 10.4. The van der Waals surface area contributed by atoms with Gasteiger partial charge in [0.2, 0.25) is 0 Å². The number of ether oxygens (including phenoxy) is 1. The molecule has 7 nitrogen and oxygen atoms in total. The molecule has 26 heavy (non-hydrogen) atoms. The summed E-state index contributed by atoms with van der Waals surface area (Å²) in [7, 11) is 0. The summed E-state index contributed by atoms with van der Waals surface area (Å²) in [6.07, 6.45) is 0.315. The standard InChI is InChI=1S/C18H32N4O3S/c1-6-19-15(22-13-18(5,24)14-8-11-26-12-14)20-9-7-10-21-16(23)25-17(2,3)4/h8,11-12,24H,6-7,9-10,13H2,1-5H3,(H,21,23)(H2,19,20,22). The average molecular weight is 385 g/mol. The first kappa shape index (κ1) is 22.2. The highest BCUT2D eigenvalue weighted by Gasteiger charge is 2.23. The predicted molar refractivity (Wildman–Crippen MR) is 107 cm³/mol. The molecule has 8 heteroatoms. The van der Waals surface area contributed by atoms with Crippen molar-refractivity contribution in [1.82, 2.24) is 16.0 Å². The van der Waals surface area contributed by atoms with Crippen LogP contribution in [0.1, 0.15) is 46.6 Å². The summed E-state index contributed by atoms with van der Waals surface area (Å²) in [6.45, 7) is 11.4. The third-order valence-electron chi connectivity index (χ3n) is 3.35. The molecule has 0 bridgehead atoms. The van der Waals surface area contributed by atoms with E-state index in [1.54, 1.807) is 18.3 Å². The van der Waals surface area contributed by atoms with Crippen LogP contribution in [0.5, 0.6) is 0 Å². The Kier molecular flexibility index (Phi) is 8.87. The van der Waals surface area contributed by atoms with Crippen molar-refractivity contribution >= 4 is 23.4 Å². The third-order valence-corrected chi connectivity index (χ3v) is 4.03. The highest BCUT2D eigenvalue weighted by Crippen LogP contribution is 2.23. The highest BCUT2D eigenvalue weighted by molar-refractivity contribution is 7.08. The molecule has 0 saturated heterocycles. The van der Waals surface area contributed by atoms with E-state index in [2.05, 4.69) is 20.9 Å². The number of guanidine groups is 1. The number of nitrogens with one attached hydrogen (secondary N) is 3. The average Bonchev–Trinajstić information content (AvgIpc) is 3.05. The number of aliphatic hydroxyl groups is 1. The number of aliphatic imine (C=N–C) groups is 1. The normalized spacial score (nSPS) is 14.5. The van der Waals surface area contributed by atoms with Crippen LogP contribution in [0.15, 0.2) is 21.8 Å². The molecule has 0 spiro atoms. The molecule has 0 radical (unpaired) electrons. The summed E-state index contributed by atoms with van der Waals surface area (Å²) in [5.41, 5.74) is -0.628. The summed E-state index contributed by atoms with van der Waals surface area (Å²) in [4.78, 5) is 16.0. The van der Waals surface area contributed by atoms with Crippen LogP contribution in [0.25, 0.3) is 0 Å². The number of thiophene rings is 1. The van der Waals surface area contributed by atoms with E-state index >= 15 is 0 Å². The molecule has 1 aromatic heterocycles. The number of nitrogens with zero attached hydrogens (tertiary/aromatic N) is 1. The number of hydrogen-bond acceptors (Lipinski definition) is 5. The third kappa shape index (κ3) is 9.05. The second-order valence-electron chi connectivity index (χ2n) is 7.19. The van der Waals surface area contributed by atoms with Gasteiger partial charge in [-0.3, -0.25) is 0 Å². The van der Waals surface area contributed by atoms with Crippen molar-refractivity contribution in [3.63, 3.8) is 0 Å². The van der Waals surface area contributed by atoms with Crippen molar-refractivity contribution in [2.24, 2.45) is 4.99 Å². The van der Waals surface area contributed by atoms with Crippen LogP contribution in [0.4, 0.5) is 4.79 Å². The van der Waals surface area contributed by atoms with Gasteiger partial charge in [0, 0.05) is 19.6 Å². The van der Waals surface area contributed by atoms with E-state index in [4.69, 9.17) is 4.74 Å². The van der Waals surface area contributed by atoms with Crippen molar-refractivity contribution in [1.29, 1.82) is 0 Å². The van der Waals surface area contributed by atoms with Gasteiger partial charge in [0.1, 0.15) is 11.2 Å². The predicted octanol–water partition coefficient (Wildman–Crippen LogP) is 2.43. The molecule has 148 valence electrons. The van der Waals surface area contributed by atoms with Crippen molar-refractivity contribution in [3.8, 4) is 0 Å². The van der Waals surface area contributed by atoms with Crippen LogP contribution in [0.2, 0.25) is 0 Å². The fraction of sp³-hybridized carbons (Fsp3) is 0.667. The molecule has 4 N–H and O–H groups in total. The van der Waals surface area contributed by atoms with Crippen molar-refractivity contribution in [3.05, 3.63) is 22.4 Å². The Bertz CT molecular complexity index is 565. The topological polar surface area (TPSA) is 95.0 Å². The molecule has 0 saturated carbocycles. The smallest absolute Gasteiger partial charge is 0.407 e. The number of rotatable bonds is 8. The molecule has 0 aromatic carbocycles. The molecule has 1 atom stereocenters. The number of carbonyl (C=O) groups is 1. The Morgan fingerprint density at radius 3 is 2.50 bits per heavy atom.